The smallest absolute Gasteiger partial charge is 0.137 e. The van der Waals surface area contributed by atoms with Gasteiger partial charge in [0.1, 0.15) is 17.6 Å². The second kappa shape index (κ2) is 6.04. The normalized spacial score (nSPS) is 16.2. The summed E-state index contributed by atoms with van der Waals surface area (Å²) in [6.45, 7) is 0.703. The maximum atomic E-state index is 6.10. The standard InChI is InChI=1S/C16H15Cl2NO2/c1-20-16-5-3-12(8-14(16)18)19-9-13-7-10-6-11(17)2-4-15(10)21-13/h2-6,8,13,19H,7,9H2,1H3. The number of halogens is 2. The first-order valence-corrected chi connectivity index (χ1v) is 7.44. The first-order valence-electron chi connectivity index (χ1n) is 6.68. The molecule has 0 spiro atoms. The van der Waals surface area contributed by atoms with Crippen molar-refractivity contribution in [3.8, 4) is 11.5 Å². The molecule has 21 heavy (non-hydrogen) atoms. The van der Waals surface area contributed by atoms with Crippen LogP contribution in [0.2, 0.25) is 10.0 Å². The summed E-state index contributed by atoms with van der Waals surface area (Å²) >= 11 is 12.1. The van der Waals surface area contributed by atoms with Crippen molar-refractivity contribution in [1.29, 1.82) is 0 Å². The van der Waals surface area contributed by atoms with E-state index in [1.165, 1.54) is 0 Å². The van der Waals surface area contributed by atoms with Crippen molar-refractivity contribution in [2.75, 3.05) is 19.0 Å². The van der Waals surface area contributed by atoms with Crippen LogP contribution in [0, 0.1) is 0 Å². The number of rotatable bonds is 4. The third kappa shape index (κ3) is 3.20. The van der Waals surface area contributed by atoms with E-state index < -0.39 is 0 Å². The summed E-state index contributed by atoms with van der Waals surface area (Å²) in [5.41, 5.74) is 2.10. The van der Waals surface area contributed by atoms with E-state index in [9.17, 15) is 0 Å². The molecule has 1 heterocycles. The molecule has 1 N–H and O–H groups in total. The maximum absolute atomic E-state index is 6.10. The Morgan fingerprint density at radius 2 is 2.10 bits per heavy atom. The second-order valence-electron chi connectivity index (χ2n) is 4.93. The van der Waals surface area contributed by atoms with Crippen LogP contribution in [0.3, 0.4) is 0 Å². The number of ether oxygens (including phenoxy) is 2. The topological polar surface area (TPSA) is 30.5 Å². The molecule has 1 unspecified atom stereocenters. The number of anilines is 1. The molecular formula is C16H15Cl2NO2. The lowest BCUT2D eigenvalue weighted by Crippen LogP contribution is -2.23. The highest BCUT2D eigenvalue weighted by molar-refractivity contribution is 6.32. The molecule has 0 saturated carbocycles. The van der Waals surface area contributed by atoms with Crippen molar-refractivity contribution in [1.82, 2.24) is 0 Å². The van der Waals surface area contributed by atoms with Gasteiger partial charge in [-0.25, -0.2) is 0 Å². The molecule has 3 rings (SSSR count). The van der Waals surface area contributed by atoms with Crippen molar-refractivity contribution in [3.63, 3.8) is 0 Å². The zero-order valence-corrected chi connectivity index (χ0v) is 13.0. The van der Waals surface area contributed by atoms with Crippen LogP contribution in [0.5, 0.6) is 11.5 Å². The van der Waals surface area contributed by atoms with Crippen LogP contribution in [-0.4, -0.2) is 19.8 Å². The fourth-order valence-corrected chi connectivity index (χ4v) is 2.86. The molecule has 5 heteroatoms. The van der Waals surface area contributed by atoms with Gasteiger partial charge in [-0.3, -0.25) is 0 Å². The Morgan fingerprint density at radius 1 is 1.24 bits per heavy atom. The minimum absolute atomic E-state index is 0.0966. The number of hydrogen-bond donors (Lipinski definition) is 1. The Balaban J connectivity index is 1.61. The largest absolute Gasteiger partial charge is 0.495 e. The van der Waals surface area contributed by atoms with E-state index in [4.69, 9.17) is 32.7 Å². The van der Waals surface area contributed by atoms with E-state index in [0.29, 0.717) is 17.3 Å². The monoisotopic (exact) mass is 323 g/mol. The summed E-state index contributed by atoms with van der Waals surface area (Å²) in [4.78, 5) is 0. The van der Waals surface area contributed by atoms with E-state index in [2.05, 4.69) is 5.32 Å². The van der Waals surface area contributed by atoms with Gasteiger partial charge in [0.15, 0.2) is 0 Å². The van der Waals surface area contributed by atoms with Gasteiger partial charge in [-0.1, -0.05) is 23.2 Å². The Hall–Kier alpha value is -1.58. The molecule has 1 atom stereocenters. The van der Waals surface area contributed by atoms with Crippen LogP contribution >= 0.6 is 23.2 Å². The Bertz CT molecular complexity index is 661. The predicted octanol–water partition coefficient (Wildman–Crippen LogP) is 4.42. The average Bonchev–Trinajstić information content (AvgIpc) is 2.87. The van der Waals surface area contributed by atoms with Gasteiger partial charge < -0.3 is 14.8 Å². The SMILES string of the molecule is COc1ccc(NCC2Cc3cc(Cl)ccc3O2)cc1Cl. The molecular weight excluding hydrogens is 309 g/mol. The zero-order valence-electron chi connectivity index (χ0n) is 11.5. The zero-order chi connectivity index (χ0) is 14.8. The molecule has 0 amide bonds. The molecule has 0 bridgehead atoms. The Kier molecular flexibility index (Phi) is 4.13. The van der Waals surface area contributed by atoms with Crippen LogP contribution in [0.4, 0.5) is 5.69 Å². The van der Waals surface area contributed by atoms with Crippen LogP contribution in [0.15, 0.2) is 36.4 Å². The van der Waals surface area contributed by atoms with Crippen LogP contribution in [0.25, 0.3) is 0 Å². The van der Waals surface area contributed by atoms with Crippen molar-refractivity contribution >= 4 is 28.9 Å². The van der Waals surface area contributed by atoms with Crippen molar-refractivity contribution in [3.05, 3.63) is 52.0 Å². The van der Waals surface area contributed by atoms with Crippen LogP contribution in [-0.2, 0) is 6.42 Å². The van der Waals surface area contributed by atoms with Gasteiger partial charge >= 0.3 is 0 Å². The summed E-state index contributed by atoms with van der Waals surface area (Å²) in [5.74, 6) is 1.58. The minimum atomic E-state index is 0.0966. The molecule has 3 nitrogen and oxygen atoms in total. The fraction of sp³-hybridized carbons (Fsp3) is 0.250. The molecule has 0 radical (unpaired) electrons. The lowest BCUT2D eigenvalue weighted by Gasteiger charge is -2.13. The summed E-state index contributed by atoms with van der Waals surface area (Å²) in [5, 5.41) is 4.66. The predicted molar refractivity (Wildman–Crippen MR) is 86.1 cm³/mol. The Morgan fingerprint density at radius 3 is 2.86 bits per heavy atom. The van der Waals surface area contributed by atoms with Crippen molar-refractivity contribution in [2.24, 2.45) is 0 Å². The summed E-state index contributed by atoms with van der Waals surface area (Å²) in [7, 11) is 1.60. The van der Waals surface area contributed by atoms with Gasteiger partial charge in [0, 0.05) is 17.1 Å². The van der Waals surface area contributed by atoms with Crippen molar-refractivity contribution in [2.45, 2.75) is 12.5 Å². The quantitative estimate of drug-likeness (QED) is 0.903. The van der Waals surface area contributed by atoms with Gasteiger partial charge in [0.2, 0.25) is 0 Å². The average molecular weight is 324 g/mol. The maximum Gasteiger partial charge on any atom is 0.137 e. The van der Waals surface area contributed by atoms with Crippen LogP contribution in [0.1, 0.15) is 5.56 Å². The molecule has 0 aliphatic carbocycles. The van der Waals surface area contributed by atoms with Crippen molar-refractivity contribution < 1.29 is 9.47 Å². The van der Waals surface area contributed by atoms with E-state index in [-0.39, 0.29) is 6.10 Å². The molecule has 2 aromatic rings. The molecule has 2 aromatic carbocycles. The summed E-state index contributed by atoms with van der Waals surface area (Å²) in [6, 6.07) is 11.3. The third-order valence-electron chi connectivity index (χ3n) is 3.45. The Labute approximate surface area is 133 Å². The number of nitrogens with one attached hydrogen (secondary N) is 1. The van der Waals surface area contributed by atoms with Gasteiger partial charge in [-0.15, -0.1) is 0 Å². The molecule has 0 aromatic heterocycles. The summed E-state index contributed by atoms with van der Waals surface area (Å²) < 4.78 is 11.0. The second-order valence-corrected chi connectivity index (χ2v) is 5.77. The molecule has 0 saturated heterocycles. The number of hydrogen-bond acceptors (Lipinski definition) is 3. The van der Waals surface area contributed by atoms with E-state index >= 15 is 0 Å². The lowest BCUT2D eigenvalue weighted by atomic mass is 10.1. The number of fused-ring (bicyclic) bond motifs is 1. The van der Waals surface area contributed by atoms with E-state index in [1.54, 1.807) is 7.11 Å². The van der Waals surface area contributed by atoms with Gasteiger partial charge in [-0.2, -0.15) is 0 Å². The van der Waals surface area contributed by atoms with Gasteiger partial charge in [0.05, 0.1) is 18.7 Å². The fourth-order valence-electron chi connectivity index (χ4n) is 2.41. The molecule has 0 fully saturated rings. The van der Waals surface area contributed by atoms with E-state index in [0.717, 1.165) is 28.4 Å². The van der Waals surface area contributed by atoms with E-state index in [1.807, 2.05) is 36.4 Å². The number of methoxy groups -OCH3 is 1. The number of benzene rings is 2. The lowest BCUT2D eigenvalue weighted by molar-refractivity contribution is 0.246. The summed E-state index contributed by atoms with van der Waals surface area (Å²) in [6.07, 6.45) is 0.951. The van der Waals surface area contributed by atoms with Gasteiger partial charge in [-0.05, 0) is 42.0 Å². The highest BCUT2D eigenvalue weighted by atomic mass is 35.5. The van der Waals surface area contributed by atoms with Gasteiger partial charge in [0.25, 0.3) is 0 Å². The molecule has 1 aliphatic heterocycles. The first kappa shape index (κ1) is 14.4. The minimum Gasteiger partial charge on any atom is -0.495 e. The highest BCUT2D eigenvalue weighted by Crippen LogP contribution is 2.31. The first-order chi connectivity index (χ1) is 10.2. The molecule has 1 aliphatic rings. The highest BCUT2D eigenvalue weighted by Gasteiger charge is 2.22. The van der Waals surface area contributed by atoms with Crippen LogP contribution < -0.4 is 14.8 Å². The molecule has 110 valence electrons. The third-order valence-corrected chi connectivity index (χ3v) is 3.98.